The van der Waals surface area contributed by atoms with Crippen molar-refractivity contribution >= 4 is 0 Å². The van der Waals surface area contributed by atoms with E-state index in [1.54, 1.807) is 0 Å². The monoisotopic (exact) mass is 216 g/mol. The smallest absolute Gasteiger partial charge is 0.233 e. The second-order valence-corrected chi connectivity index (χ2v) is 3.98. The van der Waals surface area contributed by atoms with Crippen LogP contribution in [0.1, 0.15) is 18.1 Å². The van der Waals surface area contributed by atoms with Gasteiger partial charge in [-0.25, -0.2) is 0 Å². The van der Waals surface area contributed by atoms with E-state index < -0.39 is 0 Å². The highest BCUT2D eigenvalue weighted by molar-refractivity contribution is 5.65. The number of rotatable bonds is 2. The quantitative estimate of drug-likeness (QED) is 0.838. The van der Waals surface area contributed by atoms with E-state index in [1.807, 2.05) is 18.5 Å². The van der Waals surface area contributed by atoms with Gasteiger partial charge in [-0.2, -0.15) is 0 Å². The molecular weight excluding hydrogens is 200 g/mol. The van der Waals surface area contributed by atoms with Gasteiger partial charge in [0.05, 0.1) is 5.69 Å². The van der Waals surface area contributed by atoms with Crippen molar-refractivity contribution in [2.24, 2.45) is 0 Å². The minimum absolute atomic E-state index is 0.123. The Morgan fingerprint density at radius 3 is 2.38 bits per heavy atom. The van der Waals surface area contributed by atoms with Crippen LogP contribution < -0.4 is 0 Å². The molecule has 0 aliphatic rings. The van der Waals surface area contributed by atoms with Gasteiger partial charge in [0.2, 0.25) is 5.88 Å². The molecule has 3 heteroatoms. The molecule has 1 aromatic carbocycles. The summed E-state index contributed by atoms with van der Waals surface area (Å²) < 4.78 is 1.83. The summed E-state index contributed by atoms with van der Waals surface area (Å²) >= 11 is 0. The number of hydrogen-bond acceptors (Lipinski definition) is 2. The molecule has 0 spiro atoms. The van der Waals surface area contributed by atoms with E-state index in [0.29, 0.717) is 0 Å². The van der Waals surface area contributed by atoms with Crippen molar-refractivity contribution in [2.45, 2.75) is 27.3 Å². The number of benzene rings is 1. The van der Waals surface area contributed by atoms with E-state index in [4.69, 9.17) is 0 Å². The summed E-state index contributed by atoms with van der Waals surface area (Å²) in [7, 11) is 0. The molecule has 2 rings (SSSR count). The third-order valence-electron chi connectivity index (χ3n) is 2.79. The van der Waals surface area contributed by atoms with Crippen molar-refractivity contribution in [1.29, 1.82) is 0 Å². The molecule has 84 valence electrons. The second kappa shape index (κ2) is 4.00. The minimum Gasteiger partial charge on any atom is -0.492 e. The Bertz CT molecular complexity index is 497. The summed E-state index contributed by atoms with van der Waals surface area (Å²) in [5.41, 5.74) is 4.16. The minimum atomic E-state index is 0.123. The zero-order chi connectivity index (χ0) is 11.7. The summed E-state index contributed by atoms with van der Waals surface area (Å²) in [6.45, 7) is 6.73. The summed E-state index contributed by atoms with van der Waals surface area (Å²) in [5.74, 6) is 0.123. The van der Waals surface area contributed by atoms with E-state index >= 15 is 0 Å². The maximum absolute atomic E-state index is 9.64. The van der Waals surface area contributed by atoms with Crippen LogP contribution in [0.2, 0.25) is 0 Å². The summed E-state index contributed by atoms with van der Waals surface area (Å²) in [4.78, 5) is 0. The molecule has 0 saturated heterocycles. The largest absolute Gasteiger partial charge is 0.492 e. The van der Waals surface area contributed by atoms with Gasteiger partial charge < -0.3 is 5.11 Å². The van der Waals surface area contributed by atoms with Crippen molar-refractivity contribution in [3.63, 3.8) is 0 Å². The van der Waals surface area contributed by atoms with Crippen LogP contribution in [-0.2, 0) is 6.54 Å². The Labute approximate surface area is 95.3 Å². The highest BCUT2D eigenvalue weighted by atomic mass is 16.3. The number of aromatic nitrogens is 2. The first-order valence-corrected chi connectivity index (χ1v) is 5.47. The van der Waals surface area contributed by atoms with E-state index in [-0.39, 0.29) is 5.88 Å². The van der Waals surface area contributed by atoms with Crippen LogP contribution >= 0.6 is 0 Å². The molecule has 2 aromatic rings. The molecule has 0 aliphatic heterocycles. The molecule has 0 bridgehead atoms. The Morgan fingerprint density at radius 2 is 1.81 bits per heavy atom. The van der Waals surface area contributed by atoms with Gasteiger partial charge in [-0.1, -0.05) is 29.8 Å². The summed E-state index contributed by atoms with van der Waals surface area (Å²) in [6, 6.07) is 8.26. The lowest BCUT2D eigenvalue weighted by molar-refractivity contribution is 0.437. The highest BCUT2D eigenvalue weighted by Crippen LogP contribution is 2.29. The van der Waals surface area contributed by atoms with Gasteiger partial charge in [0.1, 0.15) is 0 Å². The summed E-state index contributed by atoms with van der Waals surface area (Å²) in [6.07, 6.45) is 0. The lowest BCUT2D eigenvalue weighted by Crippen LogP contribution is -1.99. The molecule has 0 unspecified atom stereocenters. The molecule has 0 radical (unpaired) electrons. The van der Waals surface area contributed by atoms with E-state index in [9.17, 15) is 5.11 Å². The maximum atomic E-state index is 9.64. The Kier molecular flexibility index (Phi) is 2.69. The lowest BCUT2D eigenvalue weighted by Gasteiger charge is -2.06. The lowest BCUT2D eigenvalue weighted by atomic mass is 10.1. The topological polar surface area (TPSA) is 38.0 Å². The molecule has 0 amide bonds. The zero-order valence-corrected chi connectivity index (χ0v) is 9.86. The van der Waals surface area contributed by atoms with Crippen molar-refractivity contribution in [1.82, 2.24) is 9.78 Å². The Morgan fingerprint density at radius 1 is 1.19 bits per heavy atom. The van der Waals surface area contributed by atoms with Gasteiger partial charge in [-0.05, 0) is 20.8 Å². The predicted molar refractivity (Wildman–Crippen MR) is 64.5 cm³/mol. The molecular formula is C13H16N2O. The van der Waals surface area contributed by atoms with Crippen LogP contribution in [0.15, 0.2) is 24.3 Å². The number of nitrogens with zero attached hydrogens (tertiary/aromatic N) is 2. The maximum Gasteiger partial charge on any atom is 0.233 e. The predicted octanol–water partition coefficient (Wildman–Crippen LogP) is 2.89. The fraction of sp³-hybridized carbons (Fsp3) is 0.308. The zero-order valence-electron chi connectivity index (χ0n) is 9.86. The molecule has 3 nitrogen and oxygen atoms in total. The molecule has 0 aliphatic carbocycles. The number of aromatic hydroxyl groups is 1. The first-order chi connectivity index (χ1) is 7.63. The van der Waals surface area contributed by atoms with Gasteiger partial charge in [-0.15, -0.1) is 5.10 Å². The number of aryl methyl sites for hydroxylation is 2. The third kappa shape index (κ3) is 1.69. The molecule has 0 fully saturated rings. The van der Waals surface area contributed by atoms with Crippen molar-refractivity contribution < 1.29 is 5.11 Å². The van der Waals surface area contributed by atoms with Crippen LogP contribution in [0.25, 0.3) is 11.3 Å². The fourth-order valence-electron chi connectivity index (χ4n) is 1.84. The third-order valence-corrected chi connectivity index (χ3v) is 2.79. The van der Waals surface area contributed by atoms with Gasteiger partial charge in [0.15, 0.2) is 0 Å². The first-order valence-electron chi connectivity index (χ1n) is 5.47. The van der Waals surface area contributed by atoms with E-state index in [0.717, 1.165) is 23.4 Å². The normalized spacial score (nSPS) is 10.7. The van der Waals surface area contributed by atoms with Crippen LogP contribution in [0, 0.1) is 13.8 Å². The molecule has 0 atom stereocenters. The van der Waals surface area contributed by atoms with Crippen LogP contribution in [0.3, 0.4) is 0 Å². The van der Waals surface area contributed by atoms with Crippen molar-refractivity contribution in [3.8, 4) is 17.1 Å². The van der Waals surface area contributed by atoms with Gasteiger partial charge in [-0.3, -0.25) is 4.68 Å². The fourth-order valence-corrected chi connectivity index (χ4v) is 1.84. The molecule has 0 saturated carbocycles. The van der Waals surface area contributed by atoms with Crippen molar-refractivity contribution in [3.05, 3.63) is 35.4 Å². The SMILES string of the molecule is CCn1nc(O)c(C)c1-c1ccc(C)cc1. The Balaban J connectivity index is 2.58. The molecule has 1 heterocycles. The molecule has 1 N–H and O–H groups in total. The van der Waals surface area contributed by atoms with E-state index in [1.165, 1.54) is 5.56 Å². The van der Waals surface area contributed by atoms with Crippen LogP contribution in [0.5, 0.6) is 5.88 Å². The number of hydrogen-bond donors (Lipinski definition) is 1. The van der Waals surface area contributed by atoms with Gasteiger partial charge >= 0.3 is 0 Å². The van der Waals surface area contributed by atoms with Gasteiger partial charge in [0, 0.05) is 17.7 Å². The summed E-state index contributed by atoms with van der Waals surface area (Å²) in [5, 5.41) is 13.7. The average molecular weight is 216 g/mol. The van der Waals surface area contributed by atoms with Crippen LogP contribution in [-0.4, -0.2) is 14.9 Å². The highest BCUT2D eigenvalue weighted by Gasteiger charge is 2.13. The first kappa shape index (κ1) is 10.7. The van der Waals surface area contributed by atoms with Crippen LogP contribution in [0.4, 0.5) is 0 Å². The van der Waals surface area contributed by atoms with E-state index in [2.05, 4.69) is 36.3 Å². The van der Waals surface area contributed by atoms with Gasteiger partial charge in [0.25, 0.3) is 0 Å². The second-order valence-electron chi connectivity index (χ2n) is 3.98. The standard InChI is InChI=1S/C13H16N2O/c1-4-15-12(10(3)13(16)14-15)11-7-5-9(2)6-8-11/h5-8H,4H2,1-3H3,(H,14,16). The molecule has 16 heavy (non-hydrogen) atoms. The Hall–Kier alpha value is -1.77. The molecule has 1 aromatic heterocycles. The van der Waals surface area contributed by atoms with Crippen molar-refractivity contribution in [2.75, 3.05) is 0 Å². The average Bonchev–Trinajstić information content (AvgIpc) is 2.57.